The number of nitro benzene ring substituents is 1. The Balaban J connectivity index is 2.33. The molecule has 0 atom stereocenters. The number of benzene rings is 1. The number of carboxylic acids is 2. The van der Waals surface area contributed by atoms with Crippen molar-refractivity contribution in [2.75, 3.05) is 5.73 Å². The normalized spacial score (nSPS) is 14.4. The Bertz CT molecular complexity index is 1090. The van der Waals surface area contributed by atoms with Gasteiger partial charge in [-0.15, -0.1) is 11.8 Å². The molecule has 1 heterocycles. The predicted octanol–water partition coefficient (Wildman–Crippen LogP) is 3.35. The van der Waals surface area contributed by atoms with E-state index in [9.17, 15) is 34.7 Å². The maximum Gasteiger partial charge on any atom is 0.342 e. The molecule has 1 aromatic carbocycles. The van der Waals surface area contributed by atoms with E-state index in [1.54, 1.807) is 0 Å². The second-order valence-corrected chi connectivity index (χ2v) is 8.26. The first-order valence-electron chi connectivity index (χ1n) is 9.18. The van der Waals surface area contributed by atoms with Crippen molar-refractivity contribution < 1.29 is 24.7 Å². The number of carbonyl (C=O) groups is 2. The van der Waals surface area contributed by atoms with Gasteiger partial charge in [0, 0.05) is 33.4 Å². The van der Waals surface area contributed by atoms with E-state index < -0.39 is 44.9 Å². The number of aromatic carboxylic acids is 2. The lowest BCUT2D eigenvalue weighted by molar-refractivity contribution is -0.384. The second-order valence-electron chi connectivity index (χ2n) is 6.92. The van der Waals surface area contributed by atoms with Crippen LogP contribution in [0.3, 0.4) is 0 Å². The van der Waals surface area contributed by atoms with Crippen molar-refractivity contribution in [2.24, 2.45) is 0 Å². The SMILES string of the molecule is Nc1[nH]c(=O)c(C(=O)O)c(-c2cc([N+](=O)[O-])ccc2SC2CCCCC2)c1C(=O)O. The molecule has 5 N–H and O–H groups in total. The Morgan fingerprint density at radius 1 is 1.13 bits per heavy atom. The summed E-state index contributed by atoms with van der Waals surface area (Å²) in [6.45, 7) is 0. The fourth-order valence-electron chi connectivity index (χ4n) is 3.61. The number of H-pyrrole nitrogens is 1. The van der Waals surface area contributed by atoms with E-state index in [1.807, 2.05) is 4.98 Å². The van der Waals surface area contributed by atoms with E-state index in [4.69, 9.17) is 5.73 Å². The van der Waals surface area contributed by atoms with Crippen LogP contribution in [0.2, 0.25) is 0 Å². The number of carboxylic acid groups (broad SMARTS) is 2. The highest BCUT2D eigenvalue weighted by molar-refractivity contribution is 8.00. The molecule has 30 heavy (non-hydrogen) atoms. The van der Waals surface area contributed by atoms with Crippen molar-refractivity contribution in [3.63, 3.8) is 0 Å². The first kappa shape index (κ1) is 21.4. The van der Waals surface area contributed by atoms with Crippen LogP contribution >= 0.6 is 11.8 Å². The van der Waals surface area contributed by atoms with Gasteiger partial charge >= 0.3 is 11.9 Å². The van der Waals surface area contributed by atoms with Gasteiger partial charge in [0.2, 0.25) is 0 Å². The summed E-state index contributed by atoms with van der Waals surface area (Å²) in [5.41, 5.74) is 2.37. The van der Waals surface area contributed by atoms with Crippen LogP contribution in [0.5, 0.6) is 0 Å². The van der Waals surface area contributed by atoms with Crippen molar-refractivity contribution in [2.45, 2.75) is 42.2 Å². The van der Waals surface area contributed by atoms with Gasteiger partial charge in [0.05, 0.1) is 4.92 Å². The number of hydrogen-bond donors (Lipinski definition) is 4. The monoisotopic (exact) mass is 433 g/mol. The number of anilines is 1. The average molecular weight is 433 g/mol. The molecule has 0 saturated heterocycles. The summed E-state index contributed by atoms with van der Waals surface area (Å²) >= 11 is 1.40. The van der Waals surface area contributed by atoms with E-state index in [-0.39, 0.29) is 16.5 Å². The zero-order chi connectivity index (χ0) is 22.0. The molecule has 1 aliphatic carbocycles. The number of aromatic nitrogens is 1. The minimum atomic E-state index is -1.66. The summed E-state index contributed by atoms with van der Waals surface area (Å²) < 4.78 is 0. The van der Waals surface area contributed by atoms with Gasteiger partial charge < -0.3 is 20.9 Å². The van der Waals surface area contributed by atoms with Gasteiger partial charge in [-0.3, -0.25) is 14.9 Å². The molecule has 0 amide bonds. The van der Waals surface area contributed by atoms with E-state index in [2.05, 4.69) is 0 Å². The quantitative estimate of drug-likeness (QED) is 0.393. The fraction of sp³-hybridized carbons (Fsp3) is 0.316. The van der Waals surface area contributed by atoms with Gasteiger partial charge in [-0.1, -0.05) is 19.3 Å². The van der Waals surface area contributed by atoms with Crippen LogP contribution in [0.4, 0.5) is 11.5 Å². The third-order valence-corrected chi connectivity index (χ3v) is 6.38. The number of hydrogen-bond acceptors (Lipinski definition) is 7. The lowest BCUT2D eigenvalue weighted by Crippen LogP contribution is -2.24. The van der Waals surface area contributed by atoms with Crippen molar-refractivity contribution in [3.8, 4) is 11.1 Å². The number of nitro groups is 1. The Hall–Kier alpha value is -3.34. The molecule has 158 valence electrons. The Labute approximate surface area is 174 Å². The maximum atomic E-state index is 12.3. The van der Waals surface area contributed by atoms with E-state index in [0.29, 0.717) is 4.90 Å². The molecule has 2 aromatic rings. The molecule has 10 nitrogen and oxygen atoms in total. The summed E-state index contributed by atoms with van der Waals surface area (Å²) in [6.07, 6.45) is 4.99. The van der Waals surface area contributed by atoms with Gasteiger partial charge in [0.1, 0.15) is 16.9 Å². The first-order valence-corrected chi connectivity index (χ1v) is 10.1. The number of nitrogens with one attached hydrogen (secondary N) is 1. The number of aromatic amines is 1. The van der Waals surface area contributed by atoms with Crippen LogP contribution in [0.1, 0.15) is 52.8 Å². The summed E-state index contributed by atoms with van der Waals surface area (Å²) in [6, 6.07) is 3.83. The molecular formula is C19H19N3O7S. The smallest absolute Gasteiger partial charge is 0.342 e. The number of pyridine rings is 1. The van der Waals surface area contributed by atoms with Crippen LogP contribution in [-0.2, 0) is 0 Å². The minimum absolute atomic E-state index is 0.00706. The van der Waals surface area contributed by atoms with Crippen LogP contribution in [0.25, 0.3) is 11.1 Å². The van der Waals surface area contributed by atoms with Crippen LogP contribution < -0.4 is 11.3 Å². The zero-order valence-electron chi connectivity index (χ0n) is 15.7. The van der Waals surface area contributed by atoms with Gasteiger partial charge in [-0.25, -0.2) is 9.59 Å². The lowest BCUT2D eigenvalue weighted by atomic mass is 9.95. The summed E-state index contributed by atoms with van der Waals surface area (Å²) in [5, 5.41) is 30.8. The van der Waals surface area contributed by atoms with E-state index >= 15 is 0 Å². The molecule has 1 aromatic heterocycles. The number of nitrogens with zero attached hydrogens (tertiary/aromatic N) is 1. The molecule has 0 unspecified atom stereocenters. The largest absolute Gasteiger partial charge is 0.478 e. The third-order valence-electron chi connectivity index (χ3n) is 4.96. The maximum absolute atomic E-state index is 12.3. The highest BCUT2D eigenvalue weighted by Crippen LogP contribution is 2.42. The Morgan fingerprint density at radius 3 is 2.33 bits per heavy atom. The summed E-state index contributed by atoms with van der Waals surface area (Å²) in [7, 11) is 0. The highest BCUT2D eigenvalue weighted by atomic mass is 32.2. The summed E-state index contributed by atoms with van der Waals surface area (Å²) in [5.74, 6) is -3.73. The Morgan fingerprint density at radius 2 is 1.77 bits per heavy atom. The molecule has 0 radical (unpaired) electrons. The zero-order valence-corrected chi connectivity index (χ0v) is 16.5. The van der Waals surface area contributed by atoms with Crippen LogP contribution in [0, 0.1) is 10.1 Å². The number of nitrogens with two attached hydrogens (primary N) is 1. The number of rotatable bonds is 6. The van der Waals surface area contributed by atoms with Crippen molar-refractivity contribution in [1.29, 1.82) is 0 Å². The first-order chi connectivity index (χ1) is 14.2. The van der Waals surface area contributed by atoms with Gasteiger partial charge in [-0.05, 0) is 18.9 Å². The van der Waals surface area contributed by atoms with Gasteiger partial charge in [0.15, 0.2) is 0 Å². The van der Waals surface area contributed by atoms with Gasteiger partial charge in [-0.2, -0.15) is 0 Å². The number of nitrogen functional groups attached to an aromatic ring is 1. The van der Waals surface area contributed by atoms with Crippen LogP contribution in [-0.4, -0.2) is 37.3 Å². The van der Waals surface area contributed by atoms with Gasteiger partial charge in [0.25, 0.3) is 11.2 Å². The molecule has 0 bridgehead atoms. The minimum Gasteiger partial charge on any atom is -0.478 e. The second kappa shape index (κ2) is 8.57. The lowest BCUT2D eigenvalue weighted by Gasteiger charge is -2.23. The fourth-order valence-corrected chi connectivity index (χ4v) is 4.97. The molecule has 0 spiro atoms. The van der Waals surface area contributed by atoms with Crippen molar-refractivity contribution >= 4 is 35.2 Å². The number of thioether (sulfide) groups is 1. The molecule has 0 aliphatic heterocycles. The molecule has 3 rings (SSSR count). The highest BCUT2D eigenvalue weighted by Gasteiger charge is 2.30. The van der Waals surface area contributed by atoms with E-state index in [1.165, 1.54) is 23.9 Å². The third kappa shape index (κ3) is 4.15. The van der Waals surface area contributed by atoms with Crippen molar-refractivity contribution in [3.05, 3.63) is 49.8 Å². The topological polar surface area (TPSA) is 177 Å². The number of non-ortho nitro benzene ring substituents is 1. The molecule has 11 heteroatoms. The molecule has 1 saturated carbocycles. The Kier molecular flexibility index (Phi) is 6.11. The standard InChI is InChI=1S/C19H19N3O7S/c20-16-14(18(24)25)13(15(19(26)27)17(23)21-16)11-8-9(22(28)29)6-7-12(11)30-10-4-2-1-3-5-10/h6-8,10H,1-5H2,(H,24,25)(H,26,27)(H3,20,21,23). The van der Waals surface area contributed by atoms with E-state index in [0.717, 1.165) is 38.2 Å². The van der Waals surface area contributed by atoms with Crippen molar-refractivity contribution in [1.82, 2.24) is 4.98 Å². The average Bonchev–Trinajstić information content (AvgIpc) is 2.67. The molecule has 1 fully saturated rings. The molecule has 1 aliphatic rings. The summed E-state index contributed by atoms with van der Waals surface area (Å²) in [4.78, 5) is 49.2. The molecular weight excluding hydrogens is 414 g/mol. The predicted molar refractivity (Wildman–Crippen MR) is 110 cm³/mol. The van der Waals surface area contributed by atoms with Crippen LogP contribution in [0.15, 0.2) is 27.9 Å².